The van der Waals surface area contributed by atoms with Gasteiger partial charge in [-0.2, -0.15) is 5.10 Å². The highest BCUT2D eigenvalue weighted by atomic mass is 15.3. The quantitative estimate of drug-likeness (QED) is 0.778. The number of nitrogens with zero attached hydrogens (tertiary/aromatic N) is 3. The van der Waals surface area contributed by atoms with Crippen LogP contribution in [0.2, 0.25) is 0 Å². The average molecular weight is 252 g/mol. The normalized spacial score (nSPS) is 15.2. The molecule has 4 nitrogen and oxygen atoms in total. The fraction of sp³-hybridized carbons (Fsp3) is 0.333. The molecule has 4 rings (SSSR count). The highest BCUT2D eigenvalue weighted by Gasteiger charge is 2.23. The summed E-state index contributed by atoms with van der Waals surface area (Å²) < 4.78 is 2.03. The van der Waals surface area contributed by atoms with E-state index in [0.717, 1.165) is 35.0 Å². The molecule has 1 N–H and O–H groups in total. The van der Waals surface area contributed by atoms with Gasteiger partial charge in [-0.1, -0.05) is 24.3 Å². The third kappa shape index (κ3) is 1.84. The van der Waals surface area contributed by atoms with Gasteiger partial charge in [-0.3, -0.25) is 0 Å². The van der Waals surface area contributed by atoms with E-state index in [2.05, 4.69) is 35.2 Å². The van der Waals surface area contributed by atoms with Crippen LogP contribution in [0.4, 0.5) is 0 Å². The Bertz CT molecular complexity index is 734. The molecule has 2 aromatic heterocycles. The van der Waals surface area contributed by atoms with Gasteiger partial charge in [0, 0.05) is 12.1 Å². The lowest BCUT2D eigenvalue weighted by atomic mass is 10.1. The van der Waals surface area contributed by atoms with Gasteiger partial charge in [0.2, 0.25) is 0 Å². The van der Waals surface area contributed by atoms with Gasteiger partial charge in [0.25, 0.3) is 0 Å². The van der Waals surface area contributed by atoms with Crippen molar-refractivity contribution < 1.29 is 0 Å². The van der Waals surface area contributed by atoms with E-state index in [1.807, 2.05) is 16.9 Å². The standard InChI is InChI=1S/C15H16N4/c1-10-4-2-3-5-12(10)14-17-13-8-16-19(15(13)18-14)9-11-6-7-11/h2-5,8,11H,6-7,9H2,1H3,(H,17,18). The number of nitrogens with one attached hydrogen (secondary N) is 1. The van der Waals surface area contributed by atoms with Crippen LogP contribution in [0.15, 0.2) is 30.5 Å². The summed E-state index contributed by atoms with van der Waals surface area (Å²) in [6.45, 7) is 3.11. The molecule has 0 atom stereocenters. The second-order valence-electron chi connectivity index (χ2n) is 5.41. The van der Waals surface area contributed by atoms with Crippen LogP contribution < -0.4 is 0 Å². The Morgan fingerprint density at radius 2 is 2.16 bits per heavy atom. The van der Waals surface area contributed by atoms with Crippen LogP contribution in [0.5, 0.6) is 0 Å². The molecule has 1 fully saturated rings. The zero-order valence-corrected chi connectivity index (χ0v) is 10.9. The van der Waals surface area contributed by atoms with Crippen LogP contribution in [0.3, 0.4) is 0 Å². The number of hydrogen-bond acceptors (Lipinski definition) is 2. The van der Waals surface area contributed by atoms with Crippen LogP contribution in [-0.2, 0) is 6.54 Å². The Hall–Kier alpha value is -2.10. The zero-order chi connectivity index (χ0) is 12.8. The smallest absolute Gasteiger partial charge is 0.176 e. The number of hydrogen-bond donors (Lipinski definition) is 1. The van der Waals surface area contributed by atoms with E-state index in [0.29, 0.717) is 0 Å². The third-order valence-electron chi connectivity index (χ3n) is 3.81. The molecule has 19 heavy (non-hydrogen) atoms. The van der Waals surface area contributed by atoms with Crippen LogP contribution in [-0.4, -0.2) is 19.7 Å². The Morgan fingerprint density at radius 1 is 1.32 bits per heavy atom. The Morgan fingerprint density at radius 3 is 2.95 bits per heavy atom. The molecule has 0 spiro atoms. The highest BCUT2D eigenvalue weighted by molar-refractivity contribution is 5.76. The van der Waals surface area contributed by atoms with Crippen molar-refractivity contribution in [3.63, 3.8) is 0 Å². The molecule has 3 aromatic rings. The summed E-state index contributed by atoms with van der Waals surface area (Å²) in [6, 6.07) is 8.31. The maximum atomic E-state index is 4.73. The lowest BCUT2D eigenvalue weighted by Crippen LogP contribution is -2.01. The van der Waals surface area contributed by atoms with E-state index < -0.39 is 0 Å². The number of benzene rings is 1. The average Bonchev–Trinajstić information content (AvgIpc) is 3.00. The van der Waals surface area contributed by atoms with E-state index in [4.69, 9.17) is 4.98 Å². The van der Waals surface area contributed by atoms with Gasteiger partial charge < -0.3 is 4.98 Å². The summed E-state index contributed by atoms with van der Waals surface area (Å²) >= 11 is 0. The molecule has 96 valence electrons. The molecule has 0 radical (unpaired) electrons. The van der Waals surface area contributed by atoms with E-state index >= 15 is 0 Å². The van der Waals surface area contributed by atoms with Gasteiger partial charge >= 0.3 is 0 Å². The molecular weight excluding hydrogens is 236 g/mol. The first-order valence-electron chi connectivity index (χ1n) is 6.79. The first-order chi connectivity index (χ1) is 9.31. The van der Waals surface area contributed by atoms with Crippen molar-refractivity contribution in [3.8, 4) is 11.4 Å². The number of aryl methyl sites for hydroxylation is 1. The molecule has 0 saturated heterocycles. The SMILES string of the molecule is Cc1ccccc1-c1nc2c(cnn2CC2CC2)[nH]1. The summed E-state index contributed by atoms with van der Waals surface area (Å²) in [5, 5.41) is 4.42. The number of imidazole rings is 1. The summed E-state index contributed by atoms with van der Waals surface area (Å²) in [5.41, 5.74) is 4.40. The van der Waals surface area contributed by atoms with Gasteiger partial charge in [-0.05, 0) is 31.2 Å². The molecule has 1 aromatic carbocycles. The summed E-state index contributed by atoms with van der Waals surface area (Å²) in [7, 11) is 0. The van der Waals surface area contributed by atoms with Crippen LogP contribution in [0, 0.1) is 12.8 Å². The van der Waals surface area contributed by atoms with Crippen molar-refractivity contribution in [2.24, 2.45) is 5.92 Å². The molecule has 2 heterocycles. The number of fused-ring (bicyclic) bond motifs is 1. The van der Waals surface area contributed by atoms with Gasteiger partial charge in [0.1, 0.15) is 11.3 Å². The van der Waals surface area contributed by atoms with Crippen molar-refractivity contribution in [2.45, 2.75) is 26.3 Å². The van der Waals surface area contributed by atoms with Crippen molar-refractivity contribution in [3.05, 3.63) is 36.0 Å². The molecule has 1 saturated carbocycles. The summed E-state index contributed by atoms with van der Waals surface area (Å²) in [4.78, 5) is 8.10. The van der Waals surface area contributed by atoms with Gasteiger partial charge in [-0.25, -0.2) is 9.67 Å². The van der Waals surface area contributed by atoms with Crippen molar-refractivity contribution in [1.29, 1.82) is 0 Å². The lowest BCUT2D eigenvalue weighted by Gasteiger charge is -2.01. The fourth-order valence-electron chi connectivity index (χ4n) is 2.49. The minimum atomic E-state index is 0.807. The van der Waals surface area contributed by atoms with Crippen LogP contribution in [0.1, 0.15) is 18.4 Å². The van der Waals surface area contributed by atoms with Crippen molar-refractivity contribution in [2.75, 3.05) is 0 Å². The Kier molecular flexibility index (Phi) is 2.24. The first-order valence-corrected chi connectivity index (χ1v) is 6.79. The van der Waals surface area contributed by atoms with E-state index in [1.54, 1.807) is 0 Å². The van der Waals surface area contributed by atoms with E-state index in [-0.39, 0.29) is 0 Å². The topological polar surface area (TPSA) is 46.5 Å². The largest absolute Gasteiger partial charge is 0.335 e. The fourth-order valence-corrected chi connectivity index (χ4v) is 2.49. The minimum absolute atomic E-state index is 0.807. The Labute approximate surface area is 111 Å². The van der Waals surface area contributed by atoms with Gasteiger partial charge in [0.05, 0.1) is 6.20 Å². The lowest BCUT2D eigenvalue weighted by molar-refractivity contribution is 0.576. The van der Waals surface area contributed by atoms with E-state index in [1.165, 1.54) is 18.4 Å². The van der Waals surface area contributed by atoms with Crippen molar-refractivity contribution >= 4 is 11.2 Å². The molecular formula is C15H16N4. The van der Waals surface area contributed by atoms with Crippen molar-refractivity contribution in [1.82, 2.24) is 19.7 Å². The third-order valence-corrected chi connectivity index (χ3v) is 3.81. The number of H-pyrrole nitrogens is 1. The number of rotatable bonds is 3. The monoisotopic (exact) mass is 252 g/mol. The molecule has 0 bridgehead atoms. The number of aromatic amines is 1. The predicted octanol–water partition coefficient (Wildman–Crippen LogP) is 3.14. The molecule has 0 amide bonds. The Balaban J connectivity index is 1.79. The van der Waals surface area contributed by atoms with Crippen LogP contribution >= 0.6 is 0 Å². The van der Waals surface area contributed by atoms with Gasteiger partial charge in [-0.15, -0.1) is 0 Å². The summed E-state index contributed by atoms with van der Waals surface area (Å²) in [6.07, 6.45) is 4.54. The van der Waals surface area contributed by atoms with Crippen LogP contribution in [0.25, 0.3) is 22.6 Å². The van der Waals surface area contributed by atoms with Gasteiger partial charge in [0.15, 0.2) is 5.65 Å². The second kappa shape index (κ2) is 3.95. The zero-order valence-electron chi connectivity index (χ0n) is 10.9. The maximum Gasteiger partial charge on any atom is 0.176 e. The molecule has 1 aliphatic rings. The molecule has 0 unspecified atom stereocenters. The second-order valence-corrected chi connectivity index (χ2v) is 5.41. The molecule has 1 aliphatic carbocycles. The molecule has 0 aliphatic heterocycles. The summed E-state index contributed by atoms with van der Waals surface area (Å²) in [5.74, 6) is 1.75. The highest BCUT2D eigenvalue weighted by Crippen LogP contribution is 2.31. The number of aromatic nitrogens is 4. The predicted molar refractivity (Wildman–Crippen MR) is 74.8 cm³/mol. The van der Waals surface area contributed by atoms with E-state index in [9.17, 15) is 0 Å². The minimum Gasteiger partial charge on any atom is -0.335 e. The maximum absolute atomic E-state index is 4.73. The molecule has 4 heteroatoms. The first kappa shape index (κ1) is 10.8.